The molecular weight excluding hydrogens is 271 g/mol. The van der Waals surface area contributed by atoms with Crippen LogP contribution in [0.1, 0.15) is 19.3 Å². The molecule has 1 aromatic rings. The number of hydrogen-bond acceptors (Lipinski definition) is 3. The van der Waals surface area contributed by atoms with Crippen molar-refractivity contribution in [2.75, 3.05) is 5.32 Å². The molecular formula is C14H14F3NO2. The molecule has 1 atom stereocenters. The minimum absolute atomic E-state index is 0.0302. The number of ketones is 1. The molecule has 1 aromatic carbocycles. The number of para-hydroxylation sites is 1. The van der Waals surface area contributed by atoms with Crippen molar-refractivity contribution in [3.63, 3.8) is 0 Å². The van der Waals surface area contributed by atoms with E-state index < -0.39 is 23.6 Å². The normalized spacial score (nSPS) is 18.1. The maximum absolute atomic E-state index is 12.7. The fourth-order valence-corrected chi connectivity index (χ4v) is 2.17. The minimum Gasteiger partial charge on any atom is -0.379 e. The van der Waals surface area contributed by atoms with Crippen molar-refractivity contribution in [3.05, 3.63) is 41.6 Å². The fraction of sp³-hybridized carbons (Fsp3) is 0.357. The SMILES string of the molecule is O=C1CCCC(Nc2ccccc2)=C1C(O)C(F)(F)F. The monoisotopic (exact) mass is 285 g/mol. The molecule has 0 amide bonds. The van der Waals surface area contributed by atoms with Crippen LogP contribution in [0, 0.1) is 0 Å². The number of benzene rings is 1. The largest absolute Gasteiger partial charge is 0.418 e. The van der Waals surface area contributed by atoms with E-state index in [0.29, 0.717) is 18.5 Å². The van der Waals surface area contributed by atoms with Gasteiger partial charge in [0.15, 0.2) is 11.9 Å². The second-order valence-electron chi connectivity index (χ2n) is 4.60. The highest BCUT2D eigenvalue weighted by molar-refractivity contribution is 5.98. The van der Waals surface area contributed by atoms with E-state index in [9.17, 15) is 23.1 Å². The van der Waals surface area contributed by atoms with Gasteiger partial charge in [-0.2, -0.15) is 13.2 Å². The number of Topliss-reactive ketones (excluding diaryl/α,β-unsaturated/α-hetero) is 1. The van der Waals surface area contributed by atoms with E-state index in [1.165, 1.54) is 0 Å². The molecule has 0 spiro atoms. The second-order valence-corrected chi connectivity index (χ2v) is 4.60. The van der Waals surface area contributed by atoms with Crippen LogP contribution in [0.2, 0.25) is 0 Å². The molecule has 1 unspecified atom stereocenters. The van der Waals surface area contributed by atoms with Gasteiger partial charge in [0.25, 0.3) is 0 Å². The number of carbonyl (C=O) groups is 1. The molecule has 0 bridgehead atoms. The highest BCUT2D eigenvalue weighted by atomic mass is 19.4. The Labute approximate surface area is 114 Å². The molecule has 108 valence electrons. The first-order chi connectivity index (χ1) is 9.39. The van der Waals surface area contributed by atoms with Gasteiger partial charge in [0.1, 0.15) is 0 Å². The summed E-state index contributed by atoms with van der Waals surface area (Å²) in [5.41, 5.74) is 0.175. The van der Waals surface area contributed by atoms with Gasteiger partial charge in [-0.1, -0.05) is 18.2 Å². The Bertz CT molecular complexity index is 523. The van der Waals surface area contributed by atoms with E-state index in [2.05, 4.69) is 5.32 Å². The van der Waals surface area contributed by atoms with Crippen molar-refractivity contribution < 1.29 is 23.1 Å². The Hall–Kier alpha value is -1.82. The molecule has 0 fully saturated rings. The van der Waals surface area contributed by atoms with Crippen molar-refractivity contribution in [1.82, 2.24) is 0 Å². The predicted octanol–water partition coefficient (Wildman–Crippen LogP) is 3.03. The quantitative estimate of drug-likeness (QED) is 0.897. The molecule has 0 aliphatic heterocycles. The lowest BCUT2D eigenvalue weighted by Gasteiger charge is -2.25. The minimum atomic E-state index is -4.84. The van der Waals surface area contributed by atoms with E-state index in [-0.39, 0.29) is 12.1 Å². The van der Waals surface area contributed by atoms with Crippen LogP contribution >= 0.6 is 0 Å². The third-order valence-electron chi connectivity index (χ3n) is 3.11. The van der Waals surface area contributed by atoms with Gasteiger partial charge in [0.05, 0.1) is 5.57 Å². The predicted molar refractivity (Wildman–Crippen MR) is 68.0 cm³/mol. The summed E-state index contributed by atoms with van der Waals surface area (Å²) in [6.07, 6.45) is -6.76. The number of aliphatic hydroxyl groups excluding tert-OH is 1. The van der Waals surface area contributed by atoms with Crippen LogP contribution in [0.15, 0.2) is 41.6 Å². The summed E-state index contributed by atoms with van der Waals surface area (Å²) in [5, 5.41) is 12.2. The number of carbonyl (C=O) groups excluding carboxylic acids is 1. The van der Waals surface area contributed by atoms with E-state index in [1.54, 1.807) is 30.3 Å². The molecule has 2 rings (SSSR count). The number of alkyl halides is 3. The zero-order chi connectivity index (χ0) is 14.8. The van der Waals surface area contributed by atoms with Crippen LogP contribution < -0.4 is 5.32 Å². The standard InChI is InChI=1S/C14H14F3NO2/c15-14(16,17)13(20)12-10(7-4-8-11(12)19)18-9-5-2-1-3-6-9/h1-3,5-6,13,18,20H,4,7-8H2. The highest BCUT2D eigenvalue weighted by Gasteiger charge is 2.44. The molecule has 3 nitrogen and oxygen atoms in total. The lowest BCUT2D eigenvalue weighted by Crippen LogP contribution is -2.36. The Morgan fingerprint density at radius 1 is 1.15 bits per heavy atom. The average Bonchev–Trinajstić information content (AvgIpc) is 2.38. The van der Waals surface area contributed by atoms with Gasteiger partial charge in [-0.3, -0.25) is 4.79 Å². The Morgan fingerprint density at radius 2 is 1.80 bits per heavy atom. The molecule has 2 N–H and O–H groups in total. The summed E-state index contributed by atoms with van der Waals surface area (Å²) in [4.78, 5) is 11.7. The molecule has 0 saturated carbocycles. The number of aliphatic hydroxyl groups is 1. The van der Waals surface area contributed by atoms with Gasteiger partial charge in [-0.15, -0.1) is 0 Å². The van der Waals surface area contributed by atoms with Crippen LogP contribution in [-0.2, 0) is 4.79 Å². The van der Waals surface area contributed by atoms with Crippen LogP contribution in [0.5, 0.6) is 0 Å². The molecule has 1 aliphatic carbocycles. The molecule has 0 heterocycles. The van der Waals surface area contributed by atoms with Crippen molar-refractivity contribution in [2.24, 2.45) is 0 Å². The summed E-state index contributed by atoms with van der Waals surface area (Å²) < 4.78 is 38.0. The van der Waals surface area contributed by atoms with Gasteiger partial charge in [-0.25, -0.2) is 0 Å². The molecule has 0 radical (unpaired) electrons. The third-order valence-corrected chi connectivity index (χ3v) is 3.11. The zero-order valence-electron chi connectivity index (χ0n) is 10.6. The first-order valence-corrected chi connectivity index (χ1v) is 6.22. The highest BCUT2D eigenvalue weighted by Crippen LogP contribution is 2.33. The summed E-state index contributed by atoms with van der Waals surface area (Å²) >= 11 is 0. The number of hydrogen-bond donors (Lipinski definition) is 2. The average molecular weight is 285 g/mol. The molecule has 0 aromatic heterocycles. The smallest absolute Gasteiger partial charge is 0.379 e. The first-order valence-electron chi connectivity index (χ1n) is 6.22. The summed E-state index contributed by atoms with van der Waals surface area (Å²) in [7, 11) is 0. The van der Waals surface area contributed by atoms with Crippen molar-refractivity contribution in [2.45, 2.75) is 31.5 Å². The summed E-state index contributed by atoms with van der Waals surface area (Å²) in [6, 6.07) is 8.60. The van der Waals surface area contributed by atoms with Crippen molar-refractivity contribution >= 4 is 11.5 Å². The number of anilines is 1. The molecule has 0 saturated heterocycles. The third kappa shape index (κ3) is 3.19. The molecule has 20 heavy (non-hydrogen) atoms. The van der Waals surface area contributed by atoms with Crippen LogP contribution in [-0.4, -0.2) is 23.2 Å². The number of halogens is 3. The van der Waals surface area contributed by atoms with E-state index in [1.807, 2.05) is 0 Å². The number of nitrogens with one attached hydrogen (secondary N) is 1. The molecule has 1 aliphatic rings. The maximum atomic E-state index is 12.7. The number of allylic oxidation sites excluding steroid dienone is 1. The Kier molecular flexibility index (Phi) is 4.13. The van der Waals surface area contributed by atoms with Gasteiger partial charge < -0.3 is 10.4 Å². The van der Waals surface area contributed by atoms with Crippen LogP contribution in [0.4, 0.5) is 18.9 Å². The van der Waals surface area contributed by atoms with Crippen molar-refractivity contribution in [1.29, 1.82) is 0 Å². The summed E-state index contributed by atoms with van der Waals surface area (Å²) in [5.74, 6) is -0.653. The molecule has 6 heteroatoms. The topological polar surface area (TPSA) is 49.3 Å². The van der Waals surface area contributed by atoms with Gasteiger partial charge >= 0.3 is 6.18 Å². The summed E-state index contributed by atoms with van der Waals surface area (Å²) in [6.45, 7) is 0. The Balaban J connectivity index is 2.35. The van der Waals surface area contributed by atoms with E-state index in [0.717, 1.165) is 0 Å². The lowest BCUT2D eigenvalue weighted by molar-refractivity contribution is -0.192. The zero-order valence-corrected chi connectivity index (χ0v) is 10.6. The number of rotatable bonds is 3. The maximum Gasteiger partial charge on any atom is 0.418 e. The van der Waals surface area contributed by atoms with Crippen molar-refractivity contribution in [3.8, 4) is 0 Å². The van der Waals surface area contributed by atoms with Gasteiger partial charge in [-0.05, 0) is 25.0 Å². The van der Waals surface area contributed by atoms with Crippen LogP contribution in [0.25, 0.3) is 0 Å². The second kappa shape index (κ2) is 5.66. The first kappa shape index (κ1) is 14.6. The van der Waals surface area contributed by atoms with Gasteiger partial charge in [0, 0.05) is 17.8 Å². The van der Waals surface area contributed by atoms with E-state index >= 15 is 0 Å². The lowest BCUT2D eigenvalue weighted by atomic mass is 9.90. The van der Waals surface area contributed by atoms with E-state index in [4.69, 9.17) is 0 Å². The fourth-order valence-electron chi connectivity index (χ4n) is 2.17. The van der Waals surface area contributed by atoms with Crippen LogP contribution in [0.3, 0.4) is 0 Å². The van der Waals surface area contributed by atoms with Gasteiger partial charge in [0.2, 0.25) is 0 Å². The Morgan fingerprint density at radius 3 is 2.40 bits per heavy atom.